The molecule has 2 aromatic carbocycles. The third kappa shape index (κ3) is 2.84. The summed E-state index contributed by atoms with van der Waals surface area (Å²) >= 11 is 0. The maximum Gasteiger partial charge on any atom is 0.260 e. The highest BCUT2D eigenvalue weighted by Gasteiger charge is 2.22. The molecule has 0 radical (unpaired) electrons. The Kier molecular flexibility index (Phi) is 3.65. The number of fused-ring (bicyclic) bond motifs is 1. The summed E-state index contributed by atoms with van der Waals surface area (Å²) in [6.07, 6.45) is 0. The molecule has 3 rings (SSSR count). The van der Waals surface area contributed by atoms with Gasteiger partial charge in [-0.3, -0.25) is 9.78 Å². The lowest BCUT2D eigenvalue weighted by atomic mass is 9.96. The Morgan fingerprint density at radius 2 is 1.82 bits per heavy atom. The molecule has 22 heavy (non-hydrogen) atoms. The van der Waals surface area contributed by atoms with E-state index in [1.807, 2.05) is 36.4 Å². The summed E-state index contributed by atoms with van der Waals surface area (Å²) in [7, 11) is 0. The molecule has 3 N–H and O–H groups in total. The van der Waals surface area contributed by atoms with Gasteiger partial charge in [0, 0.05) is 0 Å². The second kappa shape index (κ2) is 5.61. The van der Waals surface area contributed by atoms with E-state index in [-0.39, 0.29) is 12.1 Å². The third-order valence-electron chi connectivity index (χ3n) is 3.61. The van der Waals surface area contributed by atoms with Crippen LogP contribution in [0.5, 0.6) is 0 Å². The van der Waals surface area contributed by atoms with Crippen molar-refractivity contribution < 1.29 is 5.11 Å². The summed E-state index contributed by atoms with van der Waals surface area (Å²) in [5.41, 5.74) is 0.150. The second-order valence-corrected chi connectivity index (χ2v) is 5.43. The van der Waals surface area contributed by atoms with Crippen LogP contribution >= 0.6 is 0 Å². The highest BCUT2D eigenvalue weighted by atomic mass is 16.3. The highest BCUT2D eigenvalue weighted by Crippen LogP contribution is 2.20. The second-order valence-electron chi connectivity index (χ2n) is 5.43. The third-order valence-corrected chi connectivity index (χ3v) is 3.61. The molecule has 0 bridgehead atoms. The van der Waals surface area contributed by atoms with Crippen molar-refractivity contribution in [3.63, 3.8) is 0 Å². The van der Waals surface area contributed by atoms with Crippen LogP contribution in [0.3, 0.4) is 0 Å². The molecule has 5 nitrogen and oxygen atoms in total. The fourth-order valence-corrected chi connectivity index (χ4v) is 2.33. The van der Waals surface area contributed by atoms with Gasteiger partial charge in [0.25, 0.3) is 5.56 Å². The van der Waals surface area contributed by atoms with Crippen LogP contribution in [-0.4, -0.2) is 21.6 Å². The molecule has 0 spiro atoms. The van der Waals surface area contributed by atoms with Gasteiger partial charge in [0.15, 0.2) is 0 Å². The zero-order valence-electron chi connectivity index (χ0n) is 12.2. The molecule has 1 aromatic heterocycles. The number of aliphatic hydroxyl groups is 1. The van der Waals surface area contributed by atoms with E-state index in [1.54, 1.807) is 25.1 Å². The van der Waals surface area contributed by atoms with Gasteiger partial charge in [-0.15, -0.1) is 0 Å². The monoisotopic (exact) mass is 295 g/mol. The van der Waals surface area contributed by atoms with Crippen LogP contribution in [0.2, 0.25) is 0 Å². The van der Waals surface area contributed by atoms with Crippen molar-refractivity contribution in [1.29, 1.82) is 0 Å². The molecule has 0 unspecified atom stereocenters. The minimum Gasteiger partial charge on any atom is -0.384 e. The first-order valence-electron chi connectivity index (χ1n) is 7.07. The van der Waals surface area contributed by atoms with Crippen LogP contribution in [0, 0.1) is 0 Å². The van der Waals surface area contributed by atoms with Crippen molar-refractivity contribution in [3.8, 4) is 0 Å². The Bertz CT molecular complexity index is 841. The van der Waals surface area contributed by atoms with E-state index in [0.717, 1.165) is 5.56 Å². The number of anilines is 1. The average Bonchev–Trinajstić information content (AvgIpc) is 2.54. The van der Waals surface area contributed by atoms with E-state index in [0.29, 0.717) is 16.9 Å². The van der Waals surface area contributed by atoms with Gasteiger partial charge in [0.2, 0.25) is 5.95 Å². The summed E-state index contributed by atoms with van der Waals surface area (Å²) in [5, 5.41) is 14.1. The van der Waals surface area contributed by atoms with Gasteiger partial charge in [-0.1, -0.05) is 42.5 Å². The minimum absolute atomic E-state index is 0.201. The van der Waals surface area contributed by atoms with Crippen molar-refractivity contribution >= 4 is 16.9 Å². The van der Waals surface area contributed by atoms with E-state index >= 15 is 0 Å². The zero-order chi connectivity index (χ0) is 15.6. The van der Waals surface area contributed by atoms with Crippen molar-refractivity contribution in [2.24, 2.45) is 0 Å². The molecular formula is C17H17N3O2. The molecular weight excluding hydrogens is 278 g/mol. The van der Waals surface area contributed by atoms with Crippen molar-refractivity contribution in [2.45, 2.75) is 12.5 Å². The molecule has 1 atom stereocenters. The Morgan fingerprint density at radius 1 is 1.14 bits per heavy atom. The Hall–Kier alpha value is -2.66. The lowest BCUT2D eigenvalue weighted by Gasteiger charge is -2.24. The first-order chi connectivity index (χ1) is 10.6. The molecule has 0 aliphatic heterocycles. The largest absolute Gasteiger partial charge is 0.384 e. The molecule has 0 saturated carbocycles. The maximum absolute atomic E-state index is 12.0. The average molecular weight is 295 g/mol. The number of hydrogen-bond acceptors (Lipinski definition) is 4. The molecule has 0 amide bonds. The number of nitrogens with zero attached hydrogens (tertiary/aromatic N) is 1. The maximum atomic E-state index is 12.0. The molecule has 0 aliphatic carbocycles. The number of rotatable bonds is 4. The normalized spacial score (nSPS) is 13.7. The molecule has 0 aliphatic rings. The lowest BCUT2D eigenvalue weighted by molar-refractivity contribution is 0.0713. The number of para-hydroxylation sites is 1. The fourth-order valence-electron chi connectivity index (χ4n) is 2.33. The van der Waals surface area contributed by atoms with Crippen LogP contribution < -0.4 is 10.9 Å². The van der Waals surface area contributed by atoms with Gasteiger partial charge in [-0.05, 0) is 24.6 Å². The van der Waals surface area contributed by atoms with Crippen LogP contribution in [0.1, 0.15) is 12.5 Å². The van der Waals surface area contributed by atoms with Gasteiger partial charge in [-0.2, -0.15) is 0 Å². The van der Waals surface area contributed by atoms with E-state index < -0.39 is 5.60 Å². The predicted octanol–water partition coefficient (Wildman–Crippen LogP) is 2.24. The zero-order valence-corrected chi connectivity index (χ0v) is 12.2. The molecule has 0 saturated heterocycles. The summed E-state index contributed by atoms with van der Waals surface area (Å²) in [6, 6.07) is 16.5. The Labute approximate surface area is 127 Å². The van der Waals surface area contributed by atoms with Gasteiger partial charge in [-0.25, -0.2) is 4.98 Å². The number of hydrogen-bond donors (Lipinski definition) is 3. The lowest BCUT2D eigenvalue weighted by Crippen LogP contribution is -2.31. The molecule has 3 aromatic rings. The molecule has 0 fully saturated rings. The van der Waals surface area contributed by atoms with Crippen molar-refractivity contribution in [1.82, 2.24) is 9.97 Å². The SMILES string of the molecule is C[C@@](O)(CNc1nc2ccccc2c(=O)[nH]1)c1ccccc1. The van der Waals surface area contributed by atoms with Crippen LogP contribution in [0.15, 0.2) is 59.4 Å². The summed E-state index contributed by atoms with van der Waals surface area (Å²) in [6.45, 7) is 1.95. The van der Waals surface area contributed by atoms with Crippen LogP contribution in [0.4, 0.5) is 5.95 Å². The predicted molar refractivity (Wildman–Crippen MR) is 86.9 cm³/mol. The van der Waals surface area contributed by atoms with E-state index in [4.69, 9.17) is 0 Å². The smallest absolute Gasteiger partial charge is 0.260 e. The topological polar surface area (TPSA) is 78.0 Å². The van der Waals surface area contributed by atoms with Gasteiger partial charge >= 0.3 is 0 Å². The van der Waals surface area contributed by atoms with E-state index in [1.165, 1.54) is 0 Å². The van der Waals surface area contributed by atoms with E-state index in [9.17, 15) is 9.90 Å². The minimum atomic E-state index is -1.06. The van der Waals surface area contributed by atoms with Crippen LogP contribution in [0.25, 0.3) is 10.9 Å². The summed E-state index contributed by atoms with van der Waals surface area (Å²) < 4.78 is 0. The van der Waals surface area contributed by atoms with Crippen LogP contribution in [-0.2, 0) is 5.60 Å². The van der Waals surface area contributed by atoms with Crippen molar-refractivity contribution in [3.05, 3.63) is 70.5 Å². The molecule has 5 heteroatoms. The Balaban J connectivity index is 1.84. The molecule has 1 heterocycles. The fraction of sp³-hybridized carbons (Fsp3) is 0.176. The quantitative estimate of drug-likeness (QED) is 0.690. The van der Waals surface area contributed by atoms with Crippen molar-refractivity contribution in [2.75, 3.05) is 11.9 Å². The number of aromatic nitrogens is 2. The number of nitrogens with one attached hydrogen (secondary N) is 2. The number of benzene rings is 2. The summed E-state index contributed by atoms with van der Waals surface area (Å²) in [4.78, 5) is 19.0. The highest BCUT2D eigenvalue weighted by molar-refractivity contribution is 5.78. The molecule has 112 valence electrons. The number of H-pyrrole nitrogens is 1. The Morgan fingerprint density at radius 3 is 2.59 bits per heavy atom. The summed E-state index contributed by atoms with van der Waals surface area (Å²) in [5.74, 6) is 0.347. The first kappa shape index (κ1) is 14.3. The van der Waals surface area contributed by atoms with Gasteiger partial charge < -0.3 is 10.4 Å². The van der Waals surface area contributed by atoms with Gasteiger partial charge in [0.1, 0.15) is 5.60 Å². The standard InChI is InChI=1S/C17H17N3O2/c1-17(22,12-7-3-2-4-8-12)11-18-16-19-14-10-6-5-9-13(14)15(21)20-16/h2-10,22H,11H2,1H3,(H2,18,19,20,21)/t17-/m1/s1. The van der Waals surface area contributed by atoms with Gasteiger partial charge in [0.05, 0.1) is 17.4 Å². The first-order valence-corrected chi connectivity index (χ1v) is 7.07. The van der Waals surface area contributed by atoms with E-state index in [2.05, 4.69) is 15.3 Å². The number of aromatic amines is 1.